The molecule has 2 atom stereocenters. The first-order valence-corrected chi connectivity index (χ1v) is 12.9. The maximum Gasteiger partial charge on any atom is 0.238 e. The van der Waals surface area contributed by atoms with Crippen LogP contribution in [0.15, 0.2) is 42.5 Å². The molecule has 2 aromatic carbocycles. The van der Waals surface area contributed by atoms with Crippen molar-refractivity contribution in [1.29, 1.82) is 0 Å². The van der Waals surface area contributed by atoms with Crippen LogP contribution in [-0.2, 0) is 27.2 Å². The Hall–Kier alpha value is -3.67. The number of hydrogen-bond acceptors (Lipinski definition) is 9. The average molecular weight is 544 g/mol. The SMILES string of the molecule is COc1cc(CC(=O)[C@H](CCc2ccccc2)NC(=O)[C@@H](N)CC(=O)N(CCN)CCN)cc(OC)c1OC. The van der Waals surface area contributed by atoms with E-state index in [4.69, 9.17) is 31.4 Å². The van der Waals surface area contributed by atoms with E-state index in [9.17, 15) is 14.4 Å². The van der Waals surface area contributed by atoms with Crippen molar-refractivity contribution >= 4 is 17.6 Å². The van der Waals surface area contributed by atoms with Crippen molar-refractivity contribution in [2.45, 2.75) is 37.8 Å². The molecule has 0 unspecified atom stereocenters. The third kappa shape index (κ3) is 9.54. The standard InChI is InChI=1S/C28H41N5O6/c1-37-24-16-20(17-25(38-2)27(24)39-3)15-23(34)22(10-9-19-7-5-4-6-8-19)32-28(36)21(31)18-26(35)33(13-11-29)14-12-30/h4-8,16-17,21-22H,9-15,18,29-31H2,1-3H3,(H,32,36)/t21-,22-/m0/s1. The van der Waals surface area contributed by atoms with Crippen LogP contribution in [0.1, 0.15) is 24.0 Å². The molecule has 0 aliphatic heterocycles. The number of rotatable bonds is 17. The van der Waals surface area contributed by atoms with Crippen LogP contribution in [0.5, 0.6) is 17.2 Å². The van der Waals surface area contributed by atoms with Gasteiger partial charge < -0.3 is 41.6 Å². The first-order chi connectivity index (χ1) is 18.8. The number of nitrogens with two attached hydrogens (primary N) is 3. The highest BCUT2D eigenvalue weighted by Crippen LogP contribution is 2.38. The highest BCUT2D eigenvalue weighted by molar-refractivity contribution is 5.94. The van der Waals surface area contributed by atoms with Gasteiger partial charge in [-0.3, -0.25) is 14.4 Å². The van der Waals surface area contributed by atoms with E-state index in [0.717, 1.165) is 5.56 Å². The van der Waals surface area contributed by atoms with Gasteiger partial charge in [-0.25, -0.2) is 0 Å². The Labute approximate surface area is 229 Å². The number of carbonyl (C=O) groups excluding carboxylic acids is 3. The average Bonchev–Trinajstić information content (AvgIpc) is 2.94. The second-order valence-electron chi connectivity index (χ2n) is 9.03. The Morgan fingerprint density at radius 2 is 1.49 bits per heavy atom. The molecular weight excluding hydrogens is 502 g/mol. The van der Waals surface area contributed by atoms with Crippen LogP contribution in [0, 0.1) is 0 Å². The Morgan fingerprint density at radius 1 is 0.897 bits per heavy atom. The van der Waals surface area contributed by atoms with Crippen LogP contribution in [-0.4, -0.2) is 82.1 Å². The Bertz CT molecular complexity index is 1050. The van der Waals surface area contributed by atoms with E-state index in [1.165, 1.54) is 26.2 Å². The summed E-state index contributed by atoms with van der Waals surface area (Å²) in [4.78, 5) is 40.6. The van der Waals surface area contributed by atoms with Crippen molar-refractivity contribution in [2.75, 3.05) is 47.5 Å². The molecule has 2 amide bonds. The third-order valence-corrected chi connectivity index (χ3v) is 6.25. The van der Waals surface area contributed by atoms with Crippen LogP contribution < -0.4 is 36.7 Å². The van der Waals surface area contributed by atoms with Gasteiger partial charge in [0, 0.05) is 32.6 Å². The Kier molecular flexibility index (Phi) is 13.2. The molecular formula is C28H41N5O6. The summed E-state index contributed by atoms with van der Waals surface area (Å²) in [6, 6.07) is 11.1. The molecule has 0 radical (unpaired) electrons. The van der Waals surface area contributed by atoms with Crippen LogP contribution in [0.4, 0.5) is 0 Å². The van der Waals surface area contributed by atoms with E-state index < -0.39 is 18.0 Å². The summed E-state index contributed by atoms with van der Waals surface area (Å²) in [5.74, 6) is 0.131. The number of nitrogens with one attached hydrogen (secondary N) is 1. The highest BCUT2D eigenvalue weighted by Gasteiger charge is 2.27. The summed E-state index contributed by atoms with van der Waals surface area (Å²) >= 11 is 0. The minimum absolute atomic E-state index is 0.00535. The monoisotopic (exact) mass is 543 g/mol. The van der Waals surface area contributed by atoms with Gasteiger partial charge in [-0.05, 0) is 36.1 Å². The molecule has 0 spiro atoms. The summed E-state index contributed by atoms with van der Waals surface area (Å²) in [6.45, 7) is 1.17. The summed E-state index contributed by atoms with van der Waals surface area (Å²) < 4.78 is 16.2. The van der Waals surface area contributed by atoms with E-state index >= 15 is 0 Å². The Morgan fingerprint density at radius 3 is 2.00 bits per heavy atom. The number of benzene rings is 2. The molecule has 7 N–H and O–H groups in total. The molecule has 0 aliphatic rings. The molecule has 2 rings (SSSR count). The largest absolute Gasteiger partial charge is 0.493 e. The molecule has 0 bridgehead atoms. The van der Waals surface area contributed by atoms with Gasteiger partial charge in [-0.2, -0.15) is 0 Å². The van der Waals surface area contributed by atoms with Crippen molar-refractivity contribution < 1.29 is 28.6 Å². The van der Waals surface area contributed by atoms with Crippen molar-refractivity contribution in [3.63, 3.8) is 0 Å². The maximum absolute atomic E-state index is 13.5. The highest BCUT2D eigenvalue weighted by atomic mass is 16.5. The molecule has 0 aromatic heterocycles. The minimum atomic E-state index is -1.14. The minimum Gasteiger partial charge on any atom is -0.493 e. The lowest BCUT2D eigenvalue weighted by molar-refractivity contribution is -0.134. The van der Waals surface area contributed by atoms with Crippen LogP contribution in [0.2, 0.25) is 0 Å². The number of Topliss-reactive ketones (excluding diaryl/α,β-unsaturated/α-hetero) is 1. The molecule has 0 fully saturated rings. The van der Waals surface area contributed by atoms with E-state index in [1.807, 2.05) is 30.3 Å². The lowest BCUT2D eigenvalue weighted by Crippen LogP contribution is -2.51. The molecule has 2 aromatic rings. The molecule has 11 nitrogen and oxygen atoms in total. The number of carbonyl (C=O) groups is 3. The zero-order valence-electron chi connectivity index (χ0n) is 23.0. The van der Waals surface area contributed by atoms with Gasteiger partial charge in [0.05, 0.1) is 39.8 Å². The maximum atomic E-state index is 13.5. The second-order valence-corrected chi connectivity index (χ2v) is 9.03. The fourth-order valence-corrected chi connectivity index (χ4v) is 4.19. The van der Waals surface area contributed by atoms with E-state index in [1.54, 1.807) is 12.1 Å². The Balaban J connectivity index is 2.20. The molecule has 0 heterocycles. The summed E-state index contributed by atoms with van der Waals surface area (Å²) in [7, 11) is 4.49. The summed E-state index contributed by atoms with van der Waals surface area (Å²) in [6.07, 6.45) is 0.692. The number of ketones is 1. The number of methoxy groups -OCH3 is 3. The van der Waals surface area contributed by atoms with Crippen molar-refractivity contribution in [2.24, 2.45) is 17.2 Å². The predicted molar refractivity (Wildman–Crippen MR) is 149 cm³/mol. The van der Waals surface area contributed by atoms with E-state index in [0.29, 0.717) is 48.7 Å². The van der Waals surface area contributed by atoms with Gasteiger partial charge in [0.2, 0.25) is 17.6 Å². The molecule has 0 saturated carbocycles. The first-order valence-electron chi connectivity index (χ1n) is 12.9. The molecule has 0 saturated heterocycles. The van der Waals surface area contributed by atoms with Crippen LogP contribution in [0.3, 0.4) is 0 Å². The fourth-order valence-electron chi connectivity index (χ4n) is 4.19. The first kappa shape index (κ1) is 31.5. The number of ether oxygens (including phenoxy) is 3. The molecule has 0 aliphatic carbocycles. The molecule has 214 valence electrons. The zero-order chi connectivity index (χ0) is 28.8. The topological polar surface area (TPSA) is 172 Å². The third-order valence-electron chi connectivity index (χ3n) is 6.25. The lowest BCUT2D eigenvalue weighted by atomic mass is 9.97. The van der Waals surface area contributed by atoms with Gasteiger partial charge >= 0.3 is 0 Å². The predicted octanol–water partition coefficient (Wildman–Crippen LogP) is 0.405. The normalized spacial score (nSPS) is 12.3. The fraction of sp³-hybridized carbons (Fsp3) is 0.464. The number of aryl methyl sites for hydroxylation is 1. The molecule has 11 heteroatoms. The van der Waals surface area contributed by atoms with Gasteiger partial charge in [-0.15, -0.1) is 0 Å². The summed E-state index contributed by atoms with van der Waals surface area (Å²) in [5, 5.41) is 2.77. The van der Waals surface area contributed by atoms with Gasteiger partial charge in [0.1, 0.15) is 0 Å². The van der Waals surface area contributed by atoms with Crippen LogP contribution in [0.25, 0.3) is 0 Å². The van der Waals surface area contributed by atoms with Gasteiger partial charge in [0.15, 0.2) is 17.3 Å². The van der Waals surface area contributed by atoms with Crippen molar-refractivity contribution in [3.8, 4) is 17.2 Å². The van der Waals surface area contributed by atoms with Gasteiger partial charge in [-0.1, -0.05) is 30.3 Å². The van der Waals surface area contributed by atoms with Crippen molar-refractivity contribution in [3.05, 3.63) is 53.6 Å². The smallest absolute Gasteiger partial charge is 0.238 e. The zero-order valence-corrected chi connectivity index (χ0v) is 23.0. The van der Waals surface area contributed by atoms with Gasteiger partial charge in [0.25, 0.3) is 0 Å². The van der Waals surface area contributed by atoms with Crippen molar-refractivity contribution in [1.82, 2.24) is 10.2 Å². The quantitative estimate of drug-likeness (QED) is 0.220. The molecule has 39 heavy (non-hydrogen) atoms. The van der Waals surface area contributed by atoms with Crippen LogP contribution >= 0.6 is 0 Å². The second kappa shape index (κ2) is 16.3. The number of amides is 2. The number of nitrogens with zero attached hydrogens (tertiary/aromatic N) is 1. The number of hydrogen-bond donors (Lipinski definition) is 4. The summed E-state index contributed by atoms with van der Waals surface area (Å²) in [5.41, 5.74) is 18.9. The van der Waals surface area contributed by atoms with E-state index in [2.05, 4.69) is 5.32 Å². The lowest BCUT2D eigenvalue weighted by Gasteiger charge is -2.24. The van der Waals surface area contributed by atoms with E-state index in [-0.39, 0.29) is 37.6 Å².